The minimum absolute atomic E-state index is 0.0971. The average Bonchev–Trinajstić information content (AvgIpc) is 2.76. The van der Waals surface area contributed by atoms with E-state index in [0.717, 1.165) is 5.76 Å². The lowest BCUT2D eigenvalue weighted by atomic mass is 10.3. The smallest absolute Gasteiger partial charge is 0.356 e. The Morgan fingerprint density at radius 3 is 2.61 bits per heavy atom. The first-order chi connectivity index (χ1) is 8.56. The van der Waals surface area contributed by atoms with E-state index in [9.17, 15) is 4.79 Å². The van der Waals surface area contributed by atoms with E-state index in [1.54, 1.807) is 6.20 Å². The maximum atomic E-state index is 10.6. The van der Waals surface area contributed by atoms with E-state index in [0.29, 0.717) is 11.7 Å². The van der Waals surface area contributed by atoms with Crippen molar-refractivity contribution >= 4 is 11.8 Å². The summed E-state index contributed by atoms with van der Waals surface area (Å²) in [7, 11) is 0. The van der Waals surface area contributed by atoms with Gasteiger partial charge in [-0.3, -0.25) is 0 Å². The molecule has 0 spiro atoms. The summed E-state index contributed by atoms with van der Waals surface area (Å²) in [6.45, 7) is 3.67. The number of aromatic nitrogens is 3. The number of rotatable bonds is 4. The SMILES string of the molecule is Cc1cnc(C(C)Nc2cnc(C(=O)O)cn2)o1. The Kier molecular flexibility index (Phi) is 3.22. The topological polar surface area (TPSA) is 101 Å². The van der Waals surface area contributed by atoms with Gasteiger partial charge in [0.2, 0.25) is 5.89 Å². The van der Waals surface area contributed by atoms with Crippen molar-refractivity contribution in [2.75, 3.05) is 5.32 Å². The van der Waals surface area contributed by atoms with E-state index in [1.165, 1.54) is 12.4 Å². The third-order valence-electron chi connectivity index (χ3n) is 2.24. The zero-order valence-corrected chi connectivity index (χ0v) is 9.91. The summed E-state index contributed by atoms with van der Waals surface area (Å²) < 4.78 is 5.36. The molecule has 1 atom stereocenters. The Morgan fingerprint density at radius 2 is 2.11 bits per heavy atom. The lowest BCUT2D eigenvalue weighted by Gasteiger charge is -2.10. The highest BCUT2D eigenvalue weighted by molar-refractivity contribution is 5.84. The van der Waals surface area contributed by atoms with Crippen molar-refractivity contribution < 1.29 is 14.3 Å². The van der Waals surface area contributed by atoms with Gasteiger partial charge in [-0.2, -0.15) is 0 Å². The van der Waals surface area contributed by atoms with Crippen LogP contribution in [0.1, 0.15) is 35.1 Å². The Labute approximate surface area is 103 Å². The summed E-state index contributed by atoms with van der Waals surface area (Å²) in [6, 6.07) is -0.177. The monoisotopic (exact) mass is 248 g/mol. The second-order valence-electron chi connectivity index (χ2n) is 3.77. The van der Waals surface area contributed by atoms with Gasteiger partial charge in [0.05, 0.1) is 18.6 Å². The van der Waals surface area contributed by atoms with Gasteiger partial charge >= 0.3 is 5.97 Å². The average molecular weight is 248 g/mol. The maximum absolute atomic E-state index is 10.6. The maximum Gasteiger partial charge on any atom is 0.356 e. The third kappa shape index (κ3) is 2.62. The van der Waals surface area contributed by atoms with Crippen LogP contribution in [-0.4, -0.2) is 26.0 Å². The molecule has 18 heavy (non-hydrogen) atoms. The zero-order valence-electron chi connectivity index (χ0n) is 9.91. The van der Waals surface area contributed by atoms with Crippen LogP contribution in [0.15, 0.2) is 23.0 Å². The first-order valence-corrected chi connectivity index (χ1v) is 5.30. The van der Waals surface area contributed by atoms with E-state index < -0.39 is 5.97 Å². The van der Waals surface area contributed by atoms with Crippen molar-refractivity contribution in [3.63, 3.8) is 0 Å². The molecule has 0 saturated heterocycles. The predicted molar refractivity (Wildman–Crippen MR) is 62.3 cm³/mol. The zero-order chi connectivity index (χ0) is 13.1. The molecule has 0 bridgehead atoms. The van der Waals surface area contributed by atoms with Crippen molar-refractivity contribution in [1.29, 1.82) is 0 Å². The summed E-state index contributed by atoms with van der Waals surface area (Å²) in [5.74, 6) is 0.622. The van der Waals surface area contributed by atoms with Crippen LogP contribution in [0, 0.1) is 6.92 Å². The molecule has 2 heterocycles. The fraction of sp³-hybridized carbons (Fsp3) is 0.273. The van der Waals surface area contributed by atoms with E-state index >= 15 is 0 Å². The minimum Gasteiger partial charge on any atom is -0.476 e. The van der Waals surface area contributed by atoms with Gasteiger partial charge in [-0.25, -0.2) is 19.7 Å². The molecule has 2 N–H and O–H groups in total. The lowest BCUT2D eigenvalue weighted by molar-refractivity contribution is 0.0690. The highest BCUT2D eigenvalue weighted by Gasteiger charge is 2.12. The molecule has 1 unspecified atom stereocenters. The van der Waals surface area contributed by atoms with Gasteiger partial charge in [0, 0.05) is 0 Å². The second kappa shape index (κ2) is 4.82. The highest BCUT2D eigenvalue weighted by atomic mass is 16.4. The van der Waals surface area contributed by atoms with Crippen LogP contribution in [0.4, 0.5) is 5.82 Å². The van der Waals surface area contributed by atoms with E-state index in [-0.39, 0.29) is 11.7 Å². The number of hydrogen-bond donors (Lipinski definition) is 2. The van der Waals surface area contributed by atoms with Crippen molar-refractivity contribution in [2.24, 2.45) is 0 Å². The summed E-state index contributed by atoms with van der Waals surface area (Å²) in [5.41, 5.74) is -0.0971. The van der Waals surface area contributed by atoms with Crippen LogP contribution >= 0.6 is 0 Å². The normalized spacial score (nSPS) is 12.1. The number of carboxylic acid groups (broad SMARTS) is 1. The molecule has 0 radical (unpaired) electrons. The molecule has 94 valence electrons. The molecule has 0 aliphatic carbocycles. The Bertz CT molecular complexity index is 550. The molecular formula is C11H12N4O3. The largest absolute Gasteiger partial charge is 0.476 e. The predicted octanol–water partition coefficient (Wildman–Crippen LogP) is 1.64. The molecule has 0 aliphatic heterocycles. The van der Waals surface area contributed by atoms with Crippen molar-refractivity contribution in [3.05, 3.63) is 35.9 Å². The Morgan fingerprint density at radius 1 is 1.33 bits per heavy atom. The summed E-state index contributed by atoms with van der Waals surface area (Å²) in [4.78, 5) is 22.4. The Balaban J connectivity index is 2.07. The number of nitrogens with zero attached hydrogens (tertiary/aromatic N) is 3. The van der Waals surface area contributed by atoms with E-state index in [4.69, 9.17) is 9.52 Å². The number of hydrogen-bond acceptors (Lipinski definition) is 6. The highest BCUT2D eigenvalue weighted by Crippen LogP contribution is 2.16. The molecule has 0 fully saturated rings. The number of oxazole rings is 1. The van der Waals surface area contributed by atoms with Crippen LogP contribution in [0.5, 0.6) is 0 Å². The molecule has 7 heteroatoms. The lowest BCUT2D eigenvalue weighted by Crippen LogP contribution is -2.09. The molecule has 2 aromatic heterocycles. The van der Waals surface area contributed by atoms with Gasteiger partial charge in [0.15, 0.2) is 5.69 Å². The number of anilines is 1. The van der Waals surface area contributed by atoms with Gasteiger partial charge in [-0.05, 0) is 13.8 Å². The third-order valence-corrected chi connectivity index (χ3v) is 2.24. The second-order valence-corrected chi connectivity index (χ2v) is 3.77. The number of nitrogens with one attached hydrogen (secondary N) is 1. The molecule has 0 amide bonds. The van der Waals surface area contributed by atoms with Crippen LogP contribution in [0.3, 0.4) is 0 Å². The first kappa shape index (κ1) is 12.0. The molecular weight excluding hydrogens is 236 g/mol. The minimum atomic E-state index is -1.11. The van der Waals surface area contributed by atoms with Crippen LogP contribution in [0.2, 0.25) is 0 Å². The molecule has 2 rings (SSSR count). The standard InChI is InChI=1S/C11H12N4O3/c1-6-3-14-10(18-6)7(2)15-9-5-12-8(4-13-9)11(16)17/h3-5,7H,1-2H3,(H,13,15)(H,16,17). The summed E-state index contributed by atoms with van der Waals surface area (Å²) in [6.07, 6.45) is 4.18. The molecule has 7 nitrogen and oxygen atoms in total. The van der Waals surface area contributed by atoms with Gasteiger partial charge < -0.3 is 14.8 Å². The van der Waals surface area contributed by atoms with E-state index in [1.807, 2.05) is 13.8 Å². The summed E-state index contributed by atoms with van der Waals surface area (Å²) >= 11 is 0. The Hall–Kier alpha value is -2.44. The first-order valence-electron chi connectivity index (χ1n) is 5.30. The van der Waals surface area contributed by atoms with Crippen LogP contribution < -0.4 is 5.32 Å². The molecule has 0 aromatic carbocycles. The summed E-state index contributed by atoms with van der Waals surface area (Å²) in [5, 5.41) is 11.7. The van der Waals surface area contributed by atoms with E-state index in [2.05, 4.69) is 20.3 Å². The van der Waals surface area contributed by atoms with Crippen molar-refractivity contribution in [1.82, 2.24) is 15.0 Å². The fourth-order valence-corrected chi connectivity index (χ4v) is 1.37. The molecule has 0 aliphatic rings. The number of aryl methyl sites for hydroxylation is 1. The molecule has 0 saturated carbocycles. The van der Waals surface area contributed by atoms with Crippen LogP contribution in [-0.2, 0) is 0 Å². The van der Waals surface area contributed by atoms with Crippen molar-refractivity contribution in [3.8, 4) is 0 Å². The number of carboxylic acids is 1. The number of aromatic carboxylic acids is 1. The van der Waals surface area contributed by atoms with Crippen LogP contribution in [0.25, 0.3) is 0 Å². The quantitative estimate of drug-likeness (QED) is 0.848. The van der Waals surface area contributed by atoms with Gasteiger partial charge in [-0.15, -0.1) is 0 Å². The fourth-order valence-electron chi connectivity index (χ4n) is 1.37. The van der Waals surface area contributed by atoms with Gasteiger partial charge in [-0.1, -0.05) is 0 Å². The number of carbonyl (C=O) groups is 1. The van der Waals surface area contributed by atoms with Gasteiger partial charge in [0.1, 0.15) is 17.6 Å². The molecule has 2 aromatic rings. The van der Waals surface area contributed by atoms with Crippen molar-refractivity contribution in [2.45, 2.75) is 19.9 Å². The van der Waals surface area contributed by atoms with Gasteiger partial charge in [0.25, 0.3) is 0 Å².